The van der Waals surface area contributed by atoms with E-state index in [9.17, 15) is 9.59 Å². The SMILES string of the molecule is COc1ccccc1OCCN1C(=O)S/C(=C\c2c(Cl)cccc2Cl)C1=O. The van der Waals surface area contributed by atoms with Crippen molar-refractivity contribution < 1.29 is 19.1 Å². The van der Waals surface area contributed by atoms with Crippen molar-refractivity contribution in [2.45, 2.75) is 0 Å². The summed E-state index contributed by atoms with van der Waals surface area (Å²) in [5, 5.41) is 0.459. The van der Waals surface area contributed by atoms with Gasteiger partial charge in [0.25, 0.3) is 11.1 Å². The molecular weight excluding hydrogens is 409 g/mol. The van der Waals surface area contributed by atoms with E-state index in [1.54, 1.807) is 37.4 Å². The monoisotopic (exact) mass is 423 g/mol. The van der Waals surface area contributed by atoms with Crippen molar-refractivity contribution in [1.82, 2.24) is 4.90 Å². The molecular formula is C19H15Cl2NO4S. The normalized spacial score (nSPS) is 15.5. The van der Waals surface area contributed by atoms with Gasteiger partial charge in [0.2, 0.25) is 0 Å². The maximum absolute atomic E-state index is 12.6. The number of carbonyl (C=O) groups excluding carboxylic acids is 2. The summed E-state index contributed by atoms with van der Waals surface area (Å²) in [4.78, 5) is 26.2. The molecule has 8 heteroatoms. The molecule has 1 heterocycles. The summed E-state index contributed by atoms with van der Waals surface area (Å²) in [6.07, 6.45) is 1.54. The number of nitrogens with zero attached hydrogens (tertiary/aromatic N) is 1. The first-order valence-corrected chi connectivity index (χ1v) is 9.53. The Kier molecular flexibility index (Phi) is 6.31. The second kappa shape index (κ2) is 8.69. The van der Waals surface area contributed by atoms with Gasteiger partial charge in [0.15, 0.2) is 11.5 Å². The molecule has 0 N–H and O–H groups in total. The van der Waals surface area contributed by atoms with E-state index in [0.717, 1.165) is 16.7 Å². The molecule has 2 aromatic carbocycles. The van der Waals surface area contributed by atoms with Gasteiger partial charge in [-0.3, -0.25) is 14.5 Å². The number of methoxy groups -OCH3 is 1. The third-order valence-corrected chi connectivity index (χ3v) is 5.36. The van der Waals surface area contributed by atoms with Crippen molar-refractivity contribution in [2.24, 2.45) is 0 Å². The number of rotatable bonds is 6. The number of thioether (sulfide) groups is 1. The van der Waals surface area contributed by atoms with E-state index >= 15 is 0 Å². The van der Waals surface area contributed by atoms with Gasteiger partial charge in [-0.2, -0.15) is 0 Å². The van der Waals surface area contributed by atoms with Gasteiger partial charge in [-0.05, 0) is 42.1 Å². The zero-order valence-corrected chi connectivity index (χ0v) is 16.6. The Labute approximate surface area is 170 Å². The molecule has 0 unspecified atom stereocenters. The van der Waals surface area contributed by atoms with Crippen molar-refractivity contribution in [1.29, 1.82) is 0 Å². The Balaban J connectivity index is 1.69. The van der Waals surface area contributed by atoms with Crippen LogP contribution in [0.3, 0.4) is 0 Å². The highest BCUT2D eigenvalue weighted by atomic mass is 35.5. The fourth-order valence-electron chi connectivity index (χ4n) is 2.46. The molecule has 0 aromatic heterocycles. The largest absolute Gasteiger partial charge is 0.493 e. The van der Waals surface area contributed by atoms with Gasteiger partial charge in [-0.15, -0.1) is 0 Å². The molecule has 2 aromatic rings. The third-order valence-electron chi connectivity index (χ3n) is 3.79. The number of ether oxygens (including phenoxy) is 2. The van der Waals surface area contributed by atoms with E-state index in [1.165, 1.54) is 6.08 Å². The van der Waals surface area contributed by atoms with Crippen molar-refractivity contribution in [2.75, 3.05) is 20.3 Å². The van der Waals surface area contributed by atoms with E-state index in [2.05, 4.69) is 0 Å². The topological polar surface area (TPSA) is 55.8 Å². The minimum Gasteiger partial charge on any atom is -0.493 e. The van der Waals surface area contributed by atoms with Crippen LogP contribution in [0.4, 0.5) is 4.79 Å². The molecule has 1 fully saturated rings. The van der Waals surface area contributed by atoms with Crippen LogP contribution in [-0.2, 0) is 4.79 Å². The fraction of sp³-hybridized carbons (Fsp3) is 0.158. The average Bonchev–Trinajstić information content (AvgIpc) is 2.92. The second-order valence-electron chi connectivity index (χ2n) is 5.47. The summed E-state index contributed by atoms with van der Waals surface area (Å²) < 4.78 is 10.8. The van der Waals surface area contributed by atoms with Crippen LogP contribution in [0.15, 0.2) is 47.4 Å². The minimum atomic E-state index is -0.399. The summed E-state index contributed by atoms with van der Waals surface area (Å²) in [6, 6.07) is 12.2. The molecule has 1 saturated heterocycles. The number of carbonyl (C=O) groups is 2. The van der Waals surface area contributed by atoms with E-state index in [-0.39, 0.29) is 23.3 Å². The first-order chi connectivity index (χ1) is 13.0. The summed E-state index contributed by atoms with van der Waals surface area (Å²) in [6.45, 7) is 0.273. The number of benzene rings is 2. The Hall–Kier alpha value is -2.15. The van der Waals surface area contributed by atoms with Crippen LogP contribution < -0.4 is 9.47 Å². The Morgan fingerprint density at radius 3 is 2.37 bits per heavy atom. The van der Waals surface area contributed by atoms with Crippen molar-refractivity contribution in [3.8, 4) is 11.5 Å². The van der Waals surface area contributed by atoms with Crippen molar-refractivity contribution >= 4 is 52.2 Å². The molecule has 0 aliphatic carbocycles. The summed E-state index contributed by atoms with van der Waals surface area (Å²) in [5.41, 5.74) is 0.511. The molecule has 27 heavy (non-hydrogen) atoms. The quantitative estimate of drug-likeness (QED) is 0.603. The predicted octanol–water partition coefficient (Wildman–Crippen LogP) is 5.12. The standard InChI is InChI=1S/C19H15Cl2NO4S/c1-25-15-7-2-3-8-16(15)26-10-9-22-18(23)17(27-19(22)24)11-12-13(20)5-4-6-14(12)21/h2-8,11H,9-10H2,1H3/b17-11-. The second-order valence-corrected chi connectivity index (χ2v) is 7.28. The Bertz CT molecular complexity index is 896. The maximum Gasteiger partial charge on any atom is 0.293 e. The summed E-state index contributed by atoms with van der Waals surface area (Å²) in [5.74, 6) is 0.731. The molecule has 1 aliphatic rings. The lowest BCUT2D eigenvalue weighted by Crippen LogP contribution is -2.32. The van der Waals surface area contributed by atoms with Gasteiger partial charge in [-0.1, -0.05) is 41.4 Å². The van der Waals surface area contributed by atoms with Crippen LogP contribution in [0.5, 0.6) is 11.5 Å². The lowest BCUT2D eigenvalue weighted by molar-refractivity contribution is -0.123. The molecule has 1 aliphatic heterocycles. The highest BCUT2D eigenvalue weighted by molar-refractivity contribution is 8.18. The lowest BCUT2D eigenvalue weighted by Gasteiger charge is -2.14. The van der Waals surface area contributed by atoms with Crippen LogP contribution in [-0.4, -0.2) is 36.3 Å². The molecule has 0 saturated carbocycles. The van der Waals surface area contributed by atoms with Crippen molar-refractivity contribution in [3.63, 3.8) is 0 Å². The number of para-hydroxylation sites is 2. The van der Waals surface area contributed by atoms with Crippen LogP contribution in [0.1, 0.15) is 5.56 Å². The molecule has 0 atom stereocenters. The highest BCUT2D eigenvalue weighted by Gasteiger charge is 2.35. The molecule has 3 rings (SSSR count). The molecule has 5 nitrogen and oxygen atoms in total. The zero-order chi connectivity index (χ0) is 19.4. The zero-order valence-electron chi connectivity index (χ0n) is 14.3. The molecule has 0 radical (unpaired) electrons. The number of hydrogen-bond acceptors (Lipinski definition) is 5. The van der Waals surface area contributed by atoms with Gasteiger partial charge < -0.3 is 9.47 Å². The van der Waals surface area contributed by atoms with Crippen LogP contribution in [0, 0.1) is 0 Å². The van der Waals surface area contributed by atoms with E-state index in [4.69, 9.17) is 32.7 Å². The van der Waals surface area contributed by atoms with Crippen LogP contribution in [0.25, 0.3) is 6.08 Å². The van der Waals surface area contributed by atoms with E-state index < -0.39 is 5.91 Å². The smallest absolute Gasteiger partial charge is 0.293 e. The van der Waals surface area contributed by atoms with Crippen LogP contribution in [0.2, 0.25) is 10.0 Å². The predicted molar refractivity (Wildman–Crippen MR) is 108 cm³/mol. The van der Waals surface area contributed by atoms with Gasteiger partial charge >= 0.3 is 0 Å². The number of halogens is 2. The summed E-state index contributed by atoms with van der Waals surface area (Å²) in [7, 11) is 1.54. The summed E-state index contributed by atoms with van der Waals surface area (Å²) >= 11 is 13.1. The fourth-order valence-corrected chi connectivity index (χ4v) is 3.81. The van der Waals surface area contributed by atoms with Gasteiger partial charge in [0.1, 0.15) is 6.61 Å². The molecule has 0 bridgehead atoms. The first kappa shape index (κ1) is 19.6. The molecule has 0 spiro atoms. The van der Waals surface area contributed by atoms with E-state index in [1.807, 2.05) is 12.1 Å². The number of hydrogen-bond donors (Lipinski definition) is 0. The Morgan fingerprint density at radius 1 is 1.04 bits per heavy atom. The highest BCUT2D eigenvalue weighted by Crippen LogP contribution is 2.35. The molecule has 140 valence electrons. The third kappa shape index (κ3) is 4.40. The number of amides is 2. The van der Waals surface area contributed by atoms with Gasteiger partial charge in [0, 0.05) is 15.6 Å². The first-order valence-electron chi connectivity index (χ1n) is 7.96. The van der Waals surface area contributed by atoms with E-state index in [0.29, 0.717) is 27.1 Å². The Morgan fingerprint density at radius 2 is 1.70 bits per heavy atom. The van der Waals surface area contributed by atoms with Gasteiger partial charge in [0.05, 0.1) is 18.6 Å². The minimum absolute atomic E-state index is 0.121. The molecule has 2 amide bonds. The van der Waals surface area contributed by atoms with Crippen LogP contribution >= 0.6 is 35.0 Å². The number of imide groups is 1. The lowest BCUT2D eigenvalue weighted by atomic mass is 10.2. The maximum atomic E-state index is 12.6. The van der Waals surface area contributed by atoms with Gasteiger partial charge in [-0.25, -0.2) is 0 Å². The van der Waals surface area contributed by atoms with Crippen molar-refractivity contribution in [3.05, 3.63) is 63.0 Å². The average molecular weight is 424 g/mol.